The standard InChI is InChI=1S/C15H18NO6P/c17-11-6-4-10(5-7-11)2-1-3-13-14(16-23(20,21)22)8-12(18)9-15(13)19/h4-7,9,17-19H,1-3,8H2,(H2,20,21,22). The average molecular weight is 339 g/mol. The van der Waals surface area contributed by atoms with Gasteiger partial charge in [0.05, 0.1) is 5.71 Å². The first-order chi connectivity index (χ1) is 10.7. The van der Waals surface area contributed by atoms with Crippen LogP contribution in [0.5, 0.6) is 5.75 Å². The van der Waals surface area contributed by atoms with Gasteiger partial charge in [0.25, 0.3) is 0 Å². The lowest BCUT2D eigenvalue weighted by Gasteiger charge is -2.17. The third-order valence-electron chi connectivity index (χ3n) is 3.39. The molecule has 0 spiro atoms. The van der Waals surface area contributed by atoms with Crippen LogP contribution in [0.25, 0.3) is 0 Å². The topological polar surface area (TPSA) is 131 Å². The summed E-state index contributed by atoms with van der Waals surface area (Å²) in [6.07, 6.45) is 2.67. The van der Waals surface area contributed by atoms with Gasteiger partial charge in [0.2, 0.25) is 0 Å². The van der Waals surface area contributed by atoms with E-state index in [1.54, 1.807) is 24.3 Å². The Morgan fingerprint density at radius 1 is 1.04 bits per heavy atom. The fourth-order valence-electron chi connectivity index (χ4n) is 2.38. The molecule has 124 valence electrons. The van der Waals surface area contributed by atoms with Gasteiger partial charge in [-0.25, -0.2) is 4.57 Å². The summed E-state index contributed by atoms with van der Waals surface area (Å²) in [5.74, 6) is -0.248. The SMILES string of the molecule is O=P(O)(O)N=C1CC(O)=CC(O)=C1CCCc1ccc(O)cc1. The second-order valence-corrected chi connectivity index (χ2v) is 6.48. The summed E-state index contributed by atoms with van der Waals surface area (Å²) in [6, 6.07) is 6.71. The minimum Gasteiger partial charge on any atom is -0.512 e. The molecule has 0 atom stereocenters. The van der Waals surface area contributed by atoms with Crippen LogP contribution in [0.4, 0.5) is 0 Å². The number of aryl methyl sites for hydroxylation is 1. The quantitative estimate of drug-likeness (QED) is 0.524. The Hall–Kier alpha value is -2.08. The van der Waals surface area contributed by atoms with Gasteiger partial charge in [-0.2, -0.15) is 4.76 Å². The van der Waals surface area contributed by atoms with Gasteiger partial charge in [-0.05, 0) is 37.0 Å². The number of aromatic hydroxyl groups is 1. The number of benzene rings is 1. The molecular weight excluding hydrogens is 321 g/mol. The van der Waals surface area contributed by atoms with Gasteiger partial charge >= 0.3 is 7.75 Å². The van der Waals surface area contributed by atoms with Gasteiger partial charge in [0, 0.05) is 18.1 Å². The van der Waals surface area contributed by atoms with E-state index in [0.717, 1.165) is 11.6 Å². The normalized spacial score (nSPS) is 17.5. The Kier molecular flexibility index (Phi) is 5.26. The highest BCUT2D eigenvalue weighted by atomic mass is 31.2. The zero-order valence-electron chi connectivity index (χ0n) is 12.3. The van der Waals surface area contributed by atoms with E-state index in [9.17, 15) is 19.9 Å². The van der Waals surface area contributed by atoms with E-state index in [2.05, 4.69) is 4.76 Å². The zero-order valence-corrected chi connectivity index (χ0v) is 13.1. The van der Waals surface area contributed by atoms with Crippen molar-refractivity contribution in [2.45, 2.75) is 25.7 Å². The molecule has 7 nitrogen and oxygen atoms in total. The van der Waals surface area contributed by atoms with Crippen molar-refractivity contribution in [3.63, 3.8) is 0 Å². The van der Waals surface area contributed by atoms with Crippen molar-refractivity contribution in [2.24, 2.45) is 4.76 Å². The van der Waals surface area contributed by atoms with Crippen LogP contribution in [-0.4, -0.2) is 30.8 Å². The van der Waals surface area contributed by atoms with Crippen molar-refractivity contribution >= 4 is 13.5 Å². The predicted molar refractivity (Wildman–Crippen MR) is 85.5 cm³/mol. The van der Waals surface area contributed by atoms with Crippen LogP contribution in [0.2, 0.25) is 0 Å². The number of hydrogen-bond donors (Lipinski definition) is 5. The third-order valence-corrected chi connectivity index (χ3v) is 3.89. The summed E-state index contributed by atoms with van der Waals surface area (Å²) < 4.78 is 14.4. The summed E-state index contributed by atoms with van der Waals surface area (Å²) >= 11 is 0. The van der Waals surface area contributed by atoms with Crippen LogP contribution in [0.3, 0.4) is 0 Å². The highest BCUT2D eigenvalue weighted by Gasteiger charge is 2.23. The van der Waals surface area contributed by atoms with Crippen molar-refractivity contribution < 1.29 is 29.7 Å². The van der Waals surface area contributed by atoms with E-state index in [1.165, 1.54) is 0 Å². The fourth-order valence-corrected chi connectivity index (χ4v) is 2.89. The molecule has 0 saturated heterocycles. The highest BCUT2D eigenvalue weighted by molar-refractivity contribution is 7.50. The number of aliphatic hydroxyl groups excluding tert-OH is 2. The van der Waals surface area contributed by atoms with Crippen LogP contribution in [0, 0.1) is 0 Å². The highest BCUT2D eigenvalue weighted by Crippen LogP contribution is 2.39. The van der Waals surface area contributed by atoms with Crippen molar-refractivity contribution in [3.8, 4) is 5.75 Å². The molecule has 0 heterocycles. The van der Waals surface area contributed by atoms with Crippen LogP contribution >= 0.6 is 7.75 Å². The van der Waals surface area contributed by atoms with E-state index >= 15 is 0 Å². The molecular formula is C15H18NO6P. The molecule has 0 aromatic heterocycles. The minimum absolute atomic E-state index is 0.00143. The molecule has 1 aliphatic carbocycles. The van der Waals surface area contributed by atoms with E-state index in [-0.39, 0.29) is 29.4 Å². The van der Waals surface area contributed by atoms with E-state index in [1.807, 2.05) is 0 Å². The lowest BCUT2D eigenvalue weighted by atomic mass is 9.94. The number of rotatable bonds is 5. The van der Waals surface area contributed by atoms with Gasteiger partial charge in [-0.3, -0.25) is 0 Å². The number of phenols is 1. The number of aliphatic hydroxyl groups is 2. The second kappa shape index (κ2) is 7.00. The molecule has 0 fully saturated rings. The summed E-state index contributed by atoms with van der Waals surface area (Å²) in [6.45, 7) is 0. The average Bonchev–Trinajstić information content (AvgIpc) is 2.42. The van der Waals surface area contributed by atoms with Crippen LogP contribution in [0.15, 0.2) is 52.2 Å². The smallest absolute Gasteiger partial charge is 0.448 e. The number of allylic oxidation sites excluding steroid dienone is 3. The maximum absolute atomic E-state index is 11.1. The Labute approximate surface area is 133 Å². The predicted octanol–water partition coefficient (Wildman–Crippen LogP) is 2.91. The Bertz CT molecular complexity index is 714. The molecule has 0 radical (unpaired) electrons. The molecule has 0 amide bonds. The maximum atomic E-state index is 11.1. The van der Waals surface area contributed by atoms with E-state index in [0.29, 0.717) is 24.8 Å². The molecule has 0 unspecified atom stereocenters. The Morgan fingerprint density at radius 3 is 2.30 bits per heavy atom. The molecule has 0 aliphatic heterocycles. The van der Waals surface area contributed by atoms with Gasteiger partial charge in [-0.1, -0.05) is 12.1 Å². The maximum Gasteiger partial charge on any atom is 0.448 e. The number of phenolic OH excluding ortho intramolecular Hbond substituents is 1. The first kappa shape index (κ1) is 17.3. The molecule has 0 bridgehead atoms. The Balaban J connectivity index is 2.11. The summed E-state index contributed by atoms with van der Waals surface area (Å²) in [7, 11) is -4.64. The van der Waals surface area contributed by atoms with Gasteiger partial charge < -0.3 is 25.1 Å². The molecule has 1 aliphatic rings. The molecule has 0 saturated carbocycles. The molecule has 5 N–H and O–H groups in total. The zero-order chi connectivity index (χ0) is 17.0. The lowest BCUT2D eigenvalue weighted by Crippen LogP contribution is -2.12. The first-order valence-corrected chi connectivity index (χ1v) is 8.56. The van der Waals surface area contributed by atoms with Gasteiger partial charge in [-0.15, -0.1) is 0 Å². The molecule has 1 aromatic carbocycles. The lowest BCUT2D eigenvalue weighted by molar-refractivity contribution is 0.373. The van der Waals surface area contributed by atoms with Crippen LogP contribution in [-0.2, 0) is 11.0 Å². The molecule has 23 heavy (non-hydrogen) atoms. The van der Waals surface area contributed by atoms with E-state index < -0.39 is 7.75 Å². The fraction of sp³-hybridized carbons (Fsp3) is 0.267. The Morgan fingerprint density at radius 2 is 1.70 bits per heavy atom. The van der Waals surface area contributed by atoms with Gasteiger partial charge in [0.15, 0.2) is 0 Å². The van der Waals surface area contributed by atoms with Crippen molar-refractivity contribution in [1.82, 2.24) is 0 Å². The number of nitrogens with zero attached hydrogens (tertiary/aromatic N) is 1. The first-order valence-electron chi connectivity index (χ1n) is 6.99. The van der Waals surface area contributed by atoms with Crippen molar-refractivity contribution in [2.75, 3.05) is 0 Å². The summed E-state index contributed by atoms with van der Waals surface area (Å²) in [5.41, 5.74) is 1.32. The van der Waals surface area contributed by atoms with Crippen molar-refractivity contribution in [3.05, 3.63) is 53.0 Å². The van der Waals surface area contributed by atoms with Crippen molar-refractivity contribution in [1.29, 1.82) is 0 Å². The van der Waals surface area contributed by atoms with E-state index in [4.69, 9.17) is 9.79 Å². The van der Waals surface area contributed by atoms with Gasteiger partial charge in [0.1, 0.15) is 17.3 Å². The van der Waals surface area contributed by atoms with Crippen LogP contribution in [0.1, 0.15) is 24.8 Å². The molecule has 1 aromatic rings. The molecule has 2 rings (SSSR count). The summed E-state index contributed by atoms with van der Waals surface area (Å²) in [5, 5.41) is 28.6. The molecule has 8 heteroatoms. The summed E-state index contributed by atoms with van der Waals surface area (Å²) in [4.78, 5) is 18.0. The monoisotopic (exact) mass is 339 g/mol. The minimum atomic E-state index is -4.64. The van der Waals surface area contributed by atoms with Crippen LogP contribution < -0.4 is 0 Å². The second-order valence-electron chi connectivity index (χ2n) is 5.26. The number of hydrogen-bond acceptors (Lipinski definition) is 4. The third kappa shape index (κ3) is 5.25. The largest absolute Gasteiger partial charge is 0.512 e.